The minimum Gasteiger partial charge on any atom is -0.494 e. The summed E-state index contributed by atoms with van der Waals surface area (Å²) in [5.41, 5.74) is 1.04. The summed E-state index contributed by atoms with van der Waals surface area (Å²) in [6.07, 6.45) is 1.52. The summed E-state index contributed by atoms with van der Waals surface area (Å²) >= 11 is 12.0. The van der Waals surface area contributed by atoms with E-state index in [9.17, 15) is 13.2 Å². The average Bonchev–Trinajstić information content (AvgIpc) is 3.16. The summed E-state index contributed by atoms with van der Waals surface area (Å²) in [4.78, 5) is 11.2. The molecular formula is C25H21Cl2NO6S. The number of carbonyl (C=O) groups is 1. The number of hydrogen-bond acceptors (Lipinski definition) is 5. The van der Waals surface area contributed by atoms with Gasteiger partial charge in [-0.15, -0.1) is 0 Å². The van der Waals surface area contributed by atoms with Crippen molar-refractivity contribution in [2.24, 2.45) is 0 Å². The summed E-state index contributed by atoms with van der Waals surface area (Å²) in [6, 6.07) is 15.8. The molecule has 10 heteroatoms. The molecule has 0 amide bonds. The van der Waals surface area contributed by atoms with Crippen LogP contribution in [0, 0.1) is 0 Å². The number of benzene rings is 3. The Kier molecular flexibility index (Phi) is 7.25. The van der Waals surface area contributed by atoms with Gasteiger partial charge in [-0.1, -0.05) is 23.2 Å². The molecule has 0 spiro atoms. The normalized spacial score (nSPS) is 11.5. The Labute approximate surface area is 212 Å². The number of aromatic nitrogens is 1. The van der Waals surface area contributed by atoms with Crippen LogP contribution in [0.15, 0.2) is 71.8 Å². The summed E-state index contributed by atoms with van der Waals surface area (Å²) in [6.45, 7) is 2.30. The molecule has 7 nitrogen and oxygen atoms in total. The number of aliphatic carboxylic acids is 1. The van der Waals surface area contributed by atoms with Gasteiger partial charge < -0.3 is 14.6 Å². The molecule has 0 saturated carbocycles. The van der Waals surface area contributed by atoms with E-state index in [4.69, 9.17) is 37.8 Å². The Balaban J connectivity index is 1.69. The highest BCUT2D eigenvalue weighted by molar-refractivity contribution is 7.90. The summed E-state index contributed by atoms with van der Waals surface area (Å²) < 4.78 is 39.5. The Bertz CT molecular complexity index is 1480. The molecule has 4 rings (SSSR count). The maximum Gasteiger partial charge on any atom is 0.303 e. The van der Waals surface area contributed by atoms with Gasteiger partial charge in [0.1, 0.15) is 17.2 Å². The minimum absolute atomic E-state index is 0.0459. The van der Waals surface area contributed by atoms with Crippen LogP contribution in [-0.2, 0) is 21.2 Å². The van der Waals surface area contributed by atoms with Gasteiger partial charge in [-0.3, -0.25) is 4.79 Å². The molecule has 182 valence electrons. The van der Waals surface area contributed by atoms with Crippen LogP contribution in [0.4, 0.5) is 0 Å². The van der Waals surface area contributed by atoms with E-state index in [1.165, 1.54) is 34.4 Å². The van der Waals surface area contributed by atoms with Crippen molar-refractivity contribution in [3.8, 4) is 17.2 Å². The van der Waals surface area contributed by atoms with Crippen molar-refractivity contribution in [1.29, 1.82) is 0 Å². The van der Waals surface area contributed by atoms with E-state index in [1.807, 2.05) is 6.92 Å². The number of rotatable bonds is 9. The first-order valence-electron chi connectivity index (χ1n) is 10.7. The van der Waals surface area contributed by atoms with Crippen LogP contribution in [0.3, 0.4) is 0 Å². The maximum atomic E-state index is 13.5. The molecule has 0 unspecified atom stereocenters. The largest absolute Gasteiger partial charge is 0.494 e. The van der Waals surface area contributed by atoms with Crippen LogP contribution in [0.1, 0.15) is 18.9 Å². The van der Waals surface area contributed by atoms with Crippen molar-refractivity contribution >= 4 is 50.1 Å². The topological polar surface area (TPSA) is 94.8 Å². The molecule has 0 aliphatic carbocycles. The molecule has 0 atom stereocenters. The van der Waals surface area contributed by atoms with Crippen molar-refractivity contribution in [2.75, 3.05) is 6.61 Å². The van der Waals surface area contributed by atoms with Crippen molar-refractivity contribution in [3.05, 3.63) is 82.5 Å². The zero-order chi connectivity index (χ0) is 25.2. The lowest BCUT2D eigenvalue weighted by Crippen LogP contribution is -2.11. The van der Waals surface area contributed by atoms with Gasteiger partial charge in [-0.25, -0.2) is 12.4 Å². The number of halogens is 2. The summed E-state index contributed by atoms with van der Waals surface area (Å²) in [7, 11) is -3.98. The number of hydrogen-bond donors (Lipinski definition) is 1. The van der Waals surface area contributed by atoms with Gasteiger partial charge in [0.05, 0.1) is 17.0 Å². The number of ether oxygens (including phenoxy) is 2. The Morgan fingerprint density at radius 1 is 0.943 bits per heavy atom. The first-order valence-corrected chi connectivity index (χ1v) is 12.8. The van der Waals surface area contributed by atoms with Gasteiger partial charge in [-0.2, -0.15) is 0 Å². The lowest BCUT2D eigenvalue weighted by molar-refractivity contribution is -0.136. The number of fused-ring (bicyclic) bond motifs is 1. The fourth-order valence-corrected chi connectivity index (χ4v) is 5.56. The van der Waals surface area contributed by atoms with E-state index in [1.54, 1.807) is 36.4 Å². The summed E-state index contributed by atoms with van der Waals surface area (Å²) in [5.74, 6) is 0.437. The Hall–Kier alpha value is -3.20. The number of aryl methyl sites for hydroxylation is 1. The standard InChI is InChI=1S/C25H21Cl2NO6S/c1-2-33-20-6-9-24-23(14-20)16(3-10-25(29)30)15-28(24)35(31,32)22-7-4-19(5-8-22)34-21-12-17(26)11-18(27)13-21/h4-9,11-15H,2-3,10H2,1H3,(H,29,30). The van der Waals surface area contributed by atoms with E-state index in [0.29, 0.717) is 50.4 Å². The van der Waals surface area contributed by atoms with Gasteiger partial charge in [0.2, 0.25) is 0 Å². The second-order valence-electron chi connectivity index (χ2n) is 7.64. The van der Waals surface area contributed by atoms with E-state index in [0.717, 1.165) is 0 Å². The molecule has 1 heterocycles. The van der Waals surface area contributed by atoms with Crippen molar-refractivity contribution in [2.45, 2.75) is 24.7 Å². The molecule has 3 aromatic carbocycles. The Morgan fingerprint density at radius 3 is 2.23 bits per heavy atom. The molecule has 0 aliphatic heterocycles. The van der Waals surface area contributed by atoms with Gasteiger partial charge in [-0.05, 0) is 79.6 Å². The van der Waals surface area contributed by atoms with E-state index >= 15 is 0 Å². The summed E-state index contributed by atoms with van der Waals surface area (Å²) in [5, 5.41) is 10.6. The zero-order valence-corrected chi connectivity index (χ0v) is 20.9. The molecule has 1 N–H and O–H groups in total. The van der Waals surface area contributed by atoms with Crippen molar-refractivity contribution < 1.29 is 27.8 Å². The molecule has 0 fully saturated rings. The van der Waals surface area contributed by atoms with Crippen LogP contribution in [0.25, 0.3) is 10.9 Å². The molecule has 0 saturated heterocycles. The van der Waals surface area contributed by atoms with Crippen LogP contribution >= 0.6 is 23.2 Å². The first kappa shape index (κ1) is 24.9. The van der Waals surface area contributed by atoms with Crippen molar-refractivity contribution in [1.82, 2.24) is 3.97 Å². The number of carboxylic acid groups (broad SMARTS) is 1. The van der Waals surface area contributed by atoms with Gasteiger partial charge in [0.15, 0.2) is 0 Å². The number of nitrogens with zero attached hydrogens (tertiary/aromatic N) is 1. The van der Waals surface area contributed by atoms with E-state index < -0.39 is 16.0 Å². The third kappa shape index (κ3) is 5.56. The molecular weight excluding hydrogens is 513 g/mol. The van der Waals surface area contributed by atoms with Crippen LogP contribution in [0.2, 0.25) is 10.0 Å². The van der Waals surface area contributed by atoms with E-state index in [-0.39, 0.29) is 17.7 Å². The monoisotopic (exact) mass is 533 g/mol. The predicted octanol–water partition coefficient (Wildman–Crippen LogP) is 6.39. The molecule has 1 aromatic heterocycles. The van der Waals surface area contributed by atoms with Gasteiger partial charge in [0.25, 0.3) is 10.0 Å². The lowest BCUT2D eigenvalue weighted by Gasteiger charge is -2.10. The highest BCUT2D eigenvalue weighted by Crippen LogP contribution is 2.32. The fraction of sp³-hybridized carbons (Fsp3) is 0.160. The van der Waals surface area contributed by atoms with Crippen LogP contribution < -0.4 is 9.47 Å². The second kappa shape index (κ2) is 10.2. The molecule has 0 radical (unpaired) electrons. The molecule has 35 heavy (non-hydrogen) atoms. The lowest BCUT2D eigenvalue weighted by atomic mass is 10.1. The smallest absolute Gasteiger partial charge is 0.303 e. The SMILES string of the molecule is CCOc1ccc2c(c1)c(CCC(=O)O)cn2S(=O)(=O)c1ccc(Oc2cc(Cl)cc(Cl)c2)cc1. The molecule has 0 bridgehead atoms. The predicted molar refractivity (Wildman–Crippen MR) is 135 cm³/mol. The zero-order valence-electron chi connectivity index (χ0n) is 18.6. The quantitative estimate of drug-likeness (QED) is 0.267. The van der Waals surface area contributed by atoms with E-state index in [2.05, 4.69) is 0 Å². The van der Waals surface area contributed by atoms with Crippen molar-refractivity contribution in [3.63, 3.8) is 0 Å². The third-order valence-corrected chi connectivity index (χ3v) is 7.32. The first-order chi connectivity index (χ1) is 16.7. The third-order valence-electron chi connectivity index (χ3n) is 5.20. The average molecular weight is 534 g/mol. The van der Waals surface area contributed by atoms with Gasteiger partial charge in [0, 0.05) is 28.0 Å². The number of carboxylic acids is 1. The maximum absolute atomic E-state index is 13.5. The second-order valence-corrected chi connectivity index (χ2v) is 10.3. The molecule has 0 aliphatic rings. The molecule has 4 aromatic rings. The van der Waals surface area contributed by atoms with Crippen LogP contribution in [0.5, 0.6) is 17.2 Å². The fourth-order valence-electron chi connectivity index (χ4n) is 3.66. The highest BCUT2D eigenvalue weighted by Gasteiger charge is 2.22. The Morgan fingerprint density at radius 2 is 1.60 bits per heavy atom. The minimum atomic E-state index is -3.98. The highest BCUT2D eigenvalue weighted by atomic mass is 35.5. The van der Waals surface area contributed by atoms with Crippen LogP contribution in [-0.4, -0.2) is 30.1 Å². The van der Waals surface area contributed by atoms with Gasteiger partial charge >= 0.3 is 5.97 Å².